The summed E-state index contributed by atoms with van der Waals surface area (Å²) in [5.41, 5.74) is 3.65. The molecule has 4 atom stereocenters. The molecule has 2 aliphatic rings. The van der Waals surface area contributed by atoms with Crippen molar-refractivity contribution in [1.82, 2.24) is 25.4 Å². The van der Waals surface area contributed by atoms with Crippen molar-refractivity contribution < 1.29 is 19.1 Å². The number of fused-ring (bicyclic) bond motifs is 2. The molecule has 10 nitrogen and oxygen atoms in total. The fraction of sp³-hybridized carbons (Fsp3) is 0.314. The van der Waals surface area contributed by atoms with Crippen LogP contribution >= 0.6 is 0 Å². The van der Waals surface area contributed by atoms with Crippen LogP contribution in [-0.4, -0.2) is 63.5 Å². The number of benzene rings is 3. The number of H-pyrrole nitrogens is 1. The molecule has 0 bridgehead atoms. The summed E-state index contributed by atoms with van der Waals surface area (Å²) in [5.74, 6) is -0.231. The first kappa shape index (κ1) is 29.9. The minimum atomic E-state index is -0.819. The SMILES string of the molecule is N#C[C@H](N[C@@H]1CCCN2C(=O)N(Cc3ccccc3)C(=O)C[C@H]12)[C@H](Cc1c[nH]c2ccccc12)NC(=O)OCc1ccccc1. The monoisotopic (exact) mass is 604 g/mol. The van der Waals surface area contributed by atoms with Crippen LogP contribution in [0, 0.1) is 11.3 Å². The van der Waals surface area contributed by atoms with Crippen LogP contribution < -0.4 is 10.6 Å². The number of para-hydroxylation sites is 1. The number of carbonyl (C=O) groups excluding carboxylic acids is 3. The largest absolute Gasteiger partial charge is 0.445 e. The highest BCUT2D eigenvalue weighted by Gasteiger charge is 2.45. The number of hydrogen-bond acceptors (Lipinski definition) is 6. The van der Waals surface area contributed by atoms with E-state index in [-0.39, 0.29) is 43.6 Å². The molecule has 0 radical (unpaired) electrons. The lowest BCUT2D eigenvalue weighted by atomic mass is 9.89. The molecule has 0 spiro atoms. The Morgan fingerprint density at radius 1 is 1.00 bits per heavy atom. The van der Waals surface area contributed by atoms with Crippen LogP contribution in [0.1, 0.15) is 36.0 Å². The molecule has 0 unspecified atom stereocenters. The van der Waals surface area contributed by atoms with Gasteiger partial charge in [-0.25, -0.2) is 9.59 Å². The lowest BCUT2D eigenvalue weighted by Crippen LogP contribution is -2.66. The van der Waals surface area contributed by atoms with Crippen molar-refractivity contribution in [3.8, 4) is 6.07 Å². The highest BCUT2D eigenvalue weighted by atomic mass is 16.5. The summed E-state index contributed by atoms with van der Waals surface area (Å²) in [6, 6.07) is 26.6. The first-order valence-corrected chi connectivity index (χ1v) is 15.3. The number of amides is 4. The van der Waals surface area contributed by atoms with Crippen molar-refractivity contribution in [3.63, 3.8) is 0 Å². The van der Waals surface area contributed by atoms with Crippen molar-refractivity contribution in [2.75, 3.05) is 6.54 Å². The molecule has 3 N–H and O–H groups in total. The average molecular weight is 605 g/mol. The van der Waals surface area contributed by atoms with Gasteiger partial charge in [-0.3, -0.25) is 15.0 Å². The van der Waals surface area contributed by atoms with Crippen molar-refractivity contribution >= 4 is 28.9 Å². The van der Waals surface area contributed by atoms with E-state index in [1.807, 2.05) is 91.1 Å². The third-order valence-electron chi connectivity index (χ3n) is 8.69. The summed E-state index contributed by atoms with van der Waals surface area (Å²) in [4.78, 5) is 46.2. The predicted molar refractivity (Wildman–Crippen MR) is 169 cm³/mol. The smallest absolute Gasteiger partial charge is 0.407 e. The molecule has 10 heteroatoms. The molecular weight excluding hydrogens is 568 g/mol. The van der Waals surface area contributed by atoms with Gasteiger partial charge in [0, 0.05) is 36.1 Å². The molecule has 3 aromatic carbocycles. The summed E-state index contributed by atoms with van der Waals surface area (Å²) < 4.78 is 5.53. The Bertz CT molecular complexity index is 1680. The molecule has 4 aromatic rings. The van der Waals surface area contributed by atoms with E-state index in [1.54, 1.807) is 4.90 Å². The normalized spacial score (nSPS) is 19.4. The Morgan fingerprint density at radius 2 is 1.71 bits per heavy atom. The third-order valence-corrected chi connectivity index (χ3v) is 8.69. The summed E-state index contributed by atoms with van der Waals surface area (Å²) in [5, 5.41) is 17.8. The highest BCUT2D eigenvalue weighted by Crippen LogP contribution is 2.29. The topological polar surface area (TPSA) is 131 Å². The molecule has 4 amide bonds. The summed E-state index contributed by atoms with van der Waals surface area (Å²) in [7, 11) is 0. The zero-order valence-corrected chi connectivity index (χ0v) is 24.9. The fourth-order valence-electron chi connectivity index (χ4n) is 6.39. The summed E-state index contributed by atoms with van der Waals surface area (Å²) in [6.45, 7) is 0.864. The van der Waals surface area contributed by atoms with Crippen LogP contribution in [0.25, 0.3) is 10.9 Å². The number of ether oxygens (including phenoxy) is 1. The molecule has 3 heterocycles. The standard InChI is InChI=1S/C35H36N6O4/c36-20-31(38-29-16-9-17-40-32(29)19-33(42)41(35(40)44)22-24-10-3-1-4-11-24)30(18-26-21-37-28-15-8-7-14-27(26)28)39-34(43)45-23-25-12-5-2-6-13-25/h1-8,10-15,21,29-32,37-38H,9,16-19,22-23H2,(H,39,43)/t29-,30+,31+,32-/m1/s1. The van der Waals surface area contributed by atoms with Crippen molar-refractivity contribution in [2.45, 2.75) is 63.0 Å². The van der Waals surface area contributed by atoms with Gasteiger partial charge in [0.05, 0.1) is 24.7 Å². The van der Waals surface area contributed by atoms with E-state index in [9.17, 15) is 19.6 Å². The van der Waals surface area contributed by atoms with Gasteiger partial charge < -0.3 is 19.9 Å². The number of imide groups is 1. The Hall–Kier alpha value is -5.14. The van der Waals surface area contributed by atoms with Gasteiger partial charge in [0.2, 0.25) is 5.91 Å². The van der Waals surface area contributed by atoms with Crippen LogP contribution in [0.4, 0.5) is 9.59 Å². The first-order chi connectivity index (χ1) is 22.0. The molecule has 1 aromatic heterocycles. The number of nitrogens with zero attached hydrogens (tertiary/aromatic N) is 3. The van der Waals surface area contributed by atoms with Crippen LogP contribution in [-0.2, 0) is 29.1 Å². The van der Waals surface area contributed by atoms with E-state index in [1.165, 1.54) is 4.90 Å². The molecule has 230 valence electrons. The number of alkyl carbamates (subject to hydrolysis) is 1. The van der Waals surface area contributed by atoms with Crippen LogP contribution in [0.15, 0.2) is 91.1 Å². The van der Waals surface area contributed by atoms with Crippen LogP contribution in [0.5, 0.6) is 0 Å². The zero-order valence-electron chi connectivity index (χ0n) is 24.9. The average Bonchev–Trinajstić information content (AvgIpc) is 3.48. The Morgan fingerprint density at radius 3 is 2.47 bits per heavy atom. The quantitative estimate of drug-likeness (QED) is 0.237. The maximum Gasteiger partial charge on any atom is 0.407 e. The number of aromatic nitrogens is 1. The Labute approximate surface area is 262 Å². The lowest BCUT2D eigenvalue weighted by molar-refractivity contribution is -0.134. The number of piperidine rings is 1. The molecule has 2 fully saturated rings. The van der Waals surface area contributed by atoms with E-state index >= 15 is 0 Å². The number of hydrogen-bond donors (Lipinski definition) is 3. The van der Waals surface area contributed by atoms with Gasteiger partial charge in [0.15, 0.2) is 0 Å². The Kier molecular flexibility index (Phi) is 9.08. The maximum atomic E-state index is 13.5. The molecule has 0 aliphatic carbocycles. The number of nitriles is 1. The van der Waals surface area contributed by atoms with E-state index in [0.717, 1.165) is 34.0 Å². The highest BCUT2D eigenvalue weighted by molar-refractivity contribution is 5.97. The fourth-order valence-corrected chi connectivity index (χ4v) is 6.39. The minimum Gasteiger partial charge on any atom is -0.445 e. The van der Waals surface area contributed by atoms with E-state index in [4.69, 9.17) is 4.74 Å². The molecule has 0 saturated carbocycles. The van der Waals surface area contributed by atoms with Gasteiger partial charge in [-0.05, 0) is 42.0 Å². The maximum absolute atomic E-state index is 13.5. The number of rotatable bonds is 10. The van der Waals surface area contributed by atoms with Crippen molar-refractivity contribution in [1.29, 1.82) is 5.26 Å². The Balaban J connectivity index is 1.19. The number of nitrogens with one attached hydrogen (secondary N) is 3. The molecular formula is C35H36N6O4. The van der Waals surface area contributed by atoms with Gasteiger partial charge >= 0.3 is 12.1 Å². The second-order valence-electron chi connectivity index (χ2n) is 11.6. The molecule has 6 rings (SSSR count). The number of carbonyl (C=O) groups is 3. The van der Waals surface area contributed by atoms with Gasteiger partial charge in [-0.15, -0.1) is 0 Å². The van der Waals surface area contributed by atoms with Crippen molar-refractivity contribution in [2.24, 2.45) is 0 Å². The zero-order chi connectivity index (χ0) is 31.2. The summed E-state index contributed by atoms with van der Waals surface area (Å²) >= 11 is 0. The number of aromatic amines is 1. The minimum absolute atomic E-state index is 0.0977. The predicted octanol–water partition coefficient (Wildman–Crippen LogP) is 4.87. The summed E-state index contributed by atoms with van der Waals surface area (Å²) in [6.07, 6.45) is 3.20. The molecule has 45 heavy (non-hydrogen) atoms. The van der Waals surface area contributed by atoms with E-state index < -0.39 is 18.2 Å². The van der Waals surface area contributed by atoms with Crippen LogP contribution in [0.3, 0.4) is 0 Å². The van der Waals surface area contributed by atoms with E-state index in [0.29, 0.717) is 19.4 Å². The van der Waals surface area contributed by atoms with Gasteiger partial charge in [-0.2, -0.15) is 5.26 Å². The van der Waals surface area contributed by atoms with Crippen molar-refractivity contribution in [3.05, 3.63) is 108 Å². The van der Waals surface area contributed by atoms with Gasteiger partial charge in [0.25, 0.3) is 0 Å². The second-order valence-corrected chi connectivity index (χ2v) is 11.6. The third kappa shape index (κ3) is 6.84. The van der Waals surface area contributed by atoms with Crippen LogP contribution in [0.2, 0.25) is 0 Å². The molecule has 2 aliphatic heterocycles. The second kappa shape index (κ2) is 13.7. The first-order valence-electron chi connectivity index (χ1n) is 15.3. The van der Waals surface area contributed by atoms with Gasteiger partial charge in [-0.1, -0.05) is 78.9 Å². The lowest BCUT2D eigenvalue weighted by Gasteiger charge is -2.47. The van der Waals surface area contributed by atoms with E-state index in [2.05, 4.69) is 21.7 Å². The van der Waals surface area contributed by atoms with Gasteiger partial charge in [0.1, 0.15) is 12.6 Å². The number of urea groups is 1. The molecule has 2 saturated heterocycles.